The summed E-state index contributed by atoms with van der Waals surface area (Å²) >= 11 is 3.46. The molecule has 0 saturated carbocycles. The molecule has 0 aliphatic carbocycles. The molecule has 204 valence electrons. The molecule has 4 heterocycles. The van der Waals surface area contributed by atoms with Crippen molar-refractivity contribution in [3.05, 3.63) is 99.7 Å². The van der Waals surface area contributed by atoms with Gasteiger partial charge in [0.1, 0.15) is 11.8 Å². The molecule has 0 saturated heterocycles. The molecular formula is C29H29BrN8O2. The van der Waals surface area contributed by atoms with Gasteiger partial charge in [-0.3, -0.25) is 9.48 Å². The fraction of sp³-hybridized carbons (Fsp3) is 0.276. The van der Waals surface area contributed by atoms with Crippen LogP contribution in [-0.4, -0.2) is 57.0 Å². The van der Waals surface area contributed by atoms with Crippen LogP contribution in [0.4, 0.5) is 0 Å². The van der Waals surface area contributed by atoms with Gasteiger partial charge in [-0.2, -0.15) is 10.2 Å². The summed E-state index contributed by atoms with van der Waals surface area (Å²) in [7, 11) is 0. The molecule has 3 aromatic heterocycles. The van der Waals surface area contributed by atoms with Crippen LogP contribution in [0.25, 0.3) is 16.9 Å². The molecule has 1 aliphatic heterocycles. The van der Waals surface area contributed by atoms with Crippen molar-refractivity contribution in [1.29, 1.82) is 0 Å². The summed E-state index contributed by atoms with van der Waals surface area (Å²) in [4.78, 5) is 15.4. The van der Waals surface area contributed by atoms with Crippen molar-refractivity contribution >= 4 is 21.8 Å². The fourth-order valence-electron chi connectivity index (χ4n) is 5.05. The quantitative estimate of drug-likeness (QED) is 0.304. The molecule has 10 nitrogen and oxygen atoms in total. The number of carbonyl (C=O) groups is 1. The fourth-order valence-corrected chi connectivity index (χ4v) is 5.32. The maximum atomic E-state index is 13.6. The molecule has 11 heteroatoms. The molecule has 6 rings (SSSR count). The van der Waals surface area contributed by atoms with E-state index in [2.05, 4.69) is 36.4 Å². The molecule has 1 aliphatic rings. The van der Waals surface area contributed by atoms with Gasteiger partial charge in [-0.1, -0.05) is 51.0 Å². The van der Waals surface area contributed by atoms with Gasteiger partial charge in [-0.25, -0.2) is 9.36 Å². The Balaban J connectivity index is 1.21. The molecule has 0 spiro atoms. The highest BCUT2D eigenvalue weighted by atomic mass is 79.9. The number of halogens is 1. The highest BCUT2D eigenvalue weighted by molar-refractivity contribution is 9.10. The van der Waals surface area contributed by atoms with E-state index in [0.717, 1.165) is 38.2 Å². The molecule has 1 N–H and O–H groups in total. The Hall–Kier alpha value is -4.09. The maximum Gasteiger partial charge on any atom is 0.257 e. The topological polar surface area (TPSA) is 107 Å². The number of hydrogen-bond donors (Lipinski definition) is 1. The number of aryl methyl sites for hydroxylation is 1. The van der Waals surface area contributed by atoms with Crippen molar-refractivity contribution in [2.75, 3.05) is 6.54 Å². The van der Waals surface area contributed by atoms with E-state index in [9.17, 15) is 9.90 Å². The van der Waals surface area contributed by atoms with Crippen LogP contribution in [0.15, 0.2) is 71.6 Å². The van der Waals surface area contributed by atoms with Gasteiger partial charge in [0.05, 0.1) is 60.4 Å². The summed E-state index contributed by atoms with van der Waals surface area (Å²) in [6.07, 6.45) is 4.51. The lowest BCUT2D eigenvalue weighted by atomic mass is 10.0. The van der Waals surface area contributed by atoms with Gasteiger partial charge in [-0.05, 0) is 50.6 Å². The second-order valence-corrected chi connectivity index (χ2v) is 11.1. The minimum absolute atomic E-state index is 0.0715. The normalized spacial score (nSPS) is 14.7. The van der Waals surface area contributed by atoms with E-state index in [1.165, 1.54) is 0 Å². The van der Waals surface area contributed by atoms with E-state index in [-0.39, 0.29) is 11.9 Å². The predicted molar refractivity (Wildman–Crippen MR) is 153 cm³/mol. The molecule has 0 radical (unpaired) electrons. The van der Waals surface area contributed by atoms with Crippen LogP contribution in [0.3, 0.4) is 0 Å². The van der Waals surface area contributed by atoms with Gasteiger partial charge < -0.3 is 10.0 Å². The molecule has 5 aromatic rings. The lowest BCUT2D eigenvalue weighted by Gasteiger charge is -2.28. The number of aromatic nitrogens is 7. The molecule has 0 bridgehead atoms. The first kappa shape index (κ1) is 26.1. The number of aliphatic hydroxyl groups excluding tert-OH is 1. The van der Waals surface area contributed by atoms with Crippen molar-refractivity contribution in [2.24, 2.45) is 0 Å². The number of hydrogen-bond acceptors (Lipinski definition) is 6. The first-order valence-electron chi connectivity index (χ1n) is 13.1. The van der Waals surface area contributed by atoms with Gasteiger partial charge in [0, 0.05) is 16.6 Å². The Bertz CT molecular complexity index is 1670. The van der Waals surface area contributed by atoms with Crippen LogP contribution < -0.4 is 0 Å². The van der Waals surface area contributed by atoms with Crippen LogP contribution in [0.1, 0.15) is 51.9 Å². The van der Waals surface area contributed by atoms with E-state index < -0.39 is 6.10 Å². The Morgan fingerprint density at radius 2 is 1.75 bits per heavy atom. The highest BCUT2D eigenvalue weighted by Gasteiger charge is 2.29. The summed E-state index contributed by atoms with van der Waals surface area (Å²) in [5.74, 6) is -0.0715. The summed E-state index contributed by atoms with van der Waals surface area (Å²) in [5, 5.41) is 28.7. The van der Waals surface area contributed by atoms with Crippen LogP contribution in [0, 0.1) is 13.8 Å². The SMILES string of the molecule is Cc1ccc(C(O)C(C)n2cc(-c3cnn4c3CN(C(=O)c3cnn(-c5ccc(Br)cc5)c3C)CC4)nn2)cc1. The molecule has 2 atom stereocenters. The third kappa shape index (κ3) is 4.75. The zero-order valence-electron chi connectivity index (χ0n) is 22.4. The van der Waals surface area contributed by atoms with Crippen molar-refractivity contribution < 1.29 is 9.90 Å². The number of fused-ring (bicyclic) bond motifs is 1. The van der Waals surface area contributed by atoms with Crippen LogP contribution in [0.2, 0.25) is 0 Å². The average Bonchev–Trinajstić information content (AvgIpc) is 3.71. The Morgan fingerprint density at radius 1 is 1.00 bits per heavy atom. The maximum absolute atomic E-state index is 13.6. The smallest absolute Gasteiger partial charge is 0.257 e. The monoisotopic (exact) mass is 600 g/mol. The van der Waals surface area contributed by atoms with E-state index in [1.807, 2.05) is 85.1 Å². The first-order chi connectivity index (χ1) is 19.3. The van der Waals surface area contributed by atoms with Gasteiger partial charge in [0.25, 0.3) is 5.91 Å². The zero-order chi connectivity index (χ0) is 28.0. The van der Waals surface area contributed by atoms with Gasteiger partial charge in [0.2, 0.25) is 0 Å². The molecule has 2 aromatic carbocycles. The summed E-state index contributed by atoms with van der Waals surface area (Å²) in [5.41, 5.74) is 6.59. The summed E-state index contributed by atoms with van der Waals surface area (Å²) < 4.78 is 6.36. The van der Waals surface area contributed by atoms with E-state index in [1.54, 1.807) is 21.8 Å². The Kier molecular flexibility index (Phi) is 6.85. The van der Waals surface area contributed by atoms with Crippen LogP contribution in [-0.2, 0) is 13.1 Å². The summed E-state index contributed by atoms with van der Waals surface area (Å²) in [6, 6.07) is 15.3. The zero-order valence-corrected chi connectivity index (χ0v) is 24.0. The number of benzene rings is 2. The lowest BCUT2D eigenvalue weighted by Crippen LogP contribution is -2.38. The standard InChI is InChI=1S/C29H29BrN8O2/c1-18-4-6-21(7-5-18)28(39)20(3)37-16-26(33-34-37)25-15-31-36-13-12-35(17-27(25)36)29(40)24-14-32-38(19(24)2)23-10-8-22(30)9-11-23/h4-11,14-16,20,28,39H,12-13,17H2,1-3H3. The second-order valence-electron chi connectivity index (χ2n) is 10.2. The van der Waals surface area contributed by atoms with Crippen molar-refractivity contribution in [3.63, 3.8) is 0 Å². The minimum atomic E-state index is -0.731. The molecular weight excluding hydrogens is 572 g/mol. The Morgan fingerprint density at radius 3 is 2.50 bits per heavy atom. The third-order valence-corrected chi connectivity index (χ3v) is 8.08. The van der Waals surface area contributed by atoms with E-state index in [4.69, 9.17) is 0 Å². The highest BCUT2D eigenvalue weighted by Crippen LogP contribution is 2.30. The van der Waals surface area contributed by atoms with Crippen molar-refractivity contribution in [2.45, 2.75) is 46.0 Å². The molecule has 0 fully saturated rings. The largest absolute Gasteiger partial charge is 0.386 e. The van der Waals surface area contributed by atoms with Gasteiger partial charge >= 0.3 is 0 Å². The number of amides is 1. The average molecular weight is 602 g/mol. The first-order valence-corrected chi connectivity index (χ1v) is 13.9. The van der Waals surface area contributed by atoms with Crippen molar-refractivity contribution in [1.82, 2.24) is 39.5 Å². The van der Waals surface area contributed by atoms with Gasteiger partial charge in [-0.15, -0.1) is 5.10 Å². The van der Waals surface area contributed by atoms with Crippen LogP contribution >= 0.6 is 15.9 Å². The van der Waals surface area contributed by atoms with Crippen LogP contribution in [0.5, 0.6) is 0 Å². The predicted octanol–water partition coefficient (Wildman–Crippen LogP) is 4.66. The molecule has 40 heavy (non-hydrogen) atoms. The van der Waals surface area contributed by atoms with E-state index in [0.29, 0.717) is 30.9 Å². The third-order valence-electron chi connectivity index (χ3n) is 7.55. The number of carbonyl (C=O) groups excluding carboxylic acids is 1. The Labute approximate surface area is 240 Å². The second kappa shape index (κ2) is 10.5. The summed E-state index contributed by atoms with van der Waals surface area (Å²) in [6.45, 7) is 7.36. The number of nitrogens with zero attached hydrogens (tertiary/aromatic N) is 8. The van der Waals surface area contributed by atoms with Gasteiger partial charge in [0.15, 0.2) is 0 Å². The lowest BCUT2D eigenvalue weighted by molar-refractivity contribution is 0.0705. The number of aliphatic hydroxyl groups is 1. The number of rotatable bonds is 6. The van der Waals surface area contributed by atoms with E-state index >= 15 is 0 Å². The molecule has 2 unspecified atom stereocenters. The molecule has 1 amide bonds. The van der Waals surface area contributed by atoms with Crippen molar-refractivity contribution in [3.8, 4) is 16.9 Å². The minimum Gasteiger partial charge on any atom is -0.386 e.